The van der Waals surface area contributed by atoms with E-state index >= 15 is 0 Å². The standard InChI is InChI=1S/C29H44ClN3O3S2.C21H28ClN3O3S2/c1-2-3-4-5-6-7-8-9-10-11-20-31-26-18-21-33(22-19-26)38(35,36)28-17-16-27(37-28)23-32-29(34)24-12-14-25(30)15-13-24;1-2-3-12-23-18-10-13-25(14-11-18)30(27,28)20-9-8-19(29-20)15-24-21(26)16-4-6-17(22)7-5-16/h12-17,26,31H,2-11,18-23H2,1H3,(H,32,34);4-9,18,23H,2-3,10-15H2,1H3,(H,24,26). The minimum atomic E-state index is -3.51. The predicted molar refractivity (Wildman–Crippen MR) is 280 cm³/mol. The van der Waals surface area contributed by atoms with Crippen LogP contribution in [0.1, 0.15) is 147 Å². The Morgan fingerprint density at radius 3 is 1.25 bits per heavy atom. The van der Waals surface area contributed by atoms with Gasteiger partial charge in [0.2, 0.25) is 0 Å². The Balaban J connectivity index is 0.000000261. The quantitative estimate of drug-likeness (QED) is 0.0453. The van der Waals surface area contributed by atoms with Gasteiger partial charge in [0.25, 0.3) is 31.9 Å². The summed E-state index contributed by atoms with van der Waals surface area (Å²) < 4.78 is 56.1. The Hall–Kier alpha value is -2.90. The van der Waals surface area contributed by atoms with E-state index in [1.165, 1.54) is 86.9 Å². The zero-order chi connectivity index (χ0) is 48.8. The number of rotatable bonds is 26. The number of carbonyl (C=O) groups is 2. The zero-order valence-electron chi connectivity index (χ0n) is 39.8. The van der Waals surface area contributed by atoms with Crippen molar-refractivity contribution in [2.45, 2.75) is 150 Å². The first kappa shape index (κ1) is 56.0. The monoisotopic (exact) mass is 1050 g/mol. The molecule has 6 rings (SSSR count). The number of sulfonamides is 2. The Labute approximate surface area is 424 Å². The predicted octanol–water partition coefficient (Wildman–Crippen LogP) is 10.9. The van der Waals surface area contributed by atoms with Crippen molar-refractivity contribution in [2.24, 2.45) is 0 Å². The smallest absolute Gasteiger partial charge is 0.252 e. The number of hydrogen-bond acceptors (Lipinski definition) is 10. The lowest BCUT2D eigenvalue weighted by Gasteiger charge is -2.31. The fraction of sp³-hybridized carbons (Fsp3) is 0.560. The number of halogens is 2. The highest BCUT2D eigenvalue weighted by atomic mass is 35.5. The maximum atomic E-state index is 13.2. The molecular formula is C50H72Cl2N6O6S4. The second kappa shape index (κ2) is 29.4. The number of benzene rings is 2. The lowest BCUT2D eigenvalue weighted by atomic mass is 10.1. The lowest BCUT2D eigenvalue weighted by molar-refractivity contribution is 0.0943. The van der Waals surface area contributed by atoms with Crippen LogP contribution in [-0.4, -0.2) is 88.6 Å². The van der Waals surface area contributed by atoms with Gasteiger partial charge in [-0.05, 0) is 124 Å². The van der Waals surface area contributed by atoms with Gasteiger partial charge in [0.15, 0.2) is 0 Å². The van der Waals surface area contributed by atoms with Crippen LogP contribution in [0.3, 0.4) is 0 Å². The van der Waals surface area contributed by atoms with Crippen LogP contribution in [-0.2, 0) is 33.1 Å². The van der Waals surface area contributed by atoms with Gasteiger partial charge < -0.3 is 21.3 Å². The molecule has 68 heavy (non-hydrogen) atoms. The average molecular weight is 1050 g/mol. The first-order valence-electron chi connectivity index (χ1n) is 24.5. The number of hydrogen-bond donors (Lipinski definition) is 4. The molecule has 2 aliphatic rings. The molecule has 12 nitrogen and oxygen atoms in total. The van der Waals surface area contributed by atoms with E-state index in [4.69, 9.17) is 23.2 Å². The first-order chi connectivity index (χ1) is 32.8. The van der Waals surface area contributed by atoms with Gasteiger partial charge in [-0.25, -0.2) is 16.8 Å². The van der Waals surface area contributed by atoms with Crippen LogP contribution < -0.4 is 21.3 Å². The number of carbonyl (C=O) groups excluding carboxylic acids is 2. The highest BCUT2D eigenvalue weighted by molar-refractivity contribution is 7.91. The highest BCUT2D eigenvalue weighted by Gasteiger charge is 2.32. The Morgan fingerprint density at radius 2 is 0.868 bits per heavy atom. The zero-order valence-corrected chi connectivity index (χ0v) is 44.6. The number of thiophene rings is 2. The van der Waals surface area contributed by atoms with E-state index in [0.717, 1.165) is 61.4 Å². The van der Waals surface area contributed by atoms with Crippen molar-refractivity contribution >= 4 is 77.7 Å². The lowest BCUT2D eigenvalue weighted by Crippen LogP contribution is -2.44. The second-order valence-corrected chi connectivity index (χ2v) is 25.2. The largest absolute Gasteiger partial charge is 0.347 e. The summed E-state index contributed by atoms with van der Waals surface area (Å²) in [5.41, 5.74) is 1.03. The molecule has 0 atom stereocenters. The third kappa shape index (κ3) is 18.4. The third-order valence-corrected chi connectivity index (χ3v) is 19.8. The van der Waals surface area contributed by atoms with Crippen LogP contribution in [0.25, 0.3) is 0 Å². The fourth-order valence-electron chi connectivity index (χ4n) is 8.18. The number of unbranched alkanes of at least 4 members (excludes halogenated alkanes) is 10. The van der Waals surface area contributed by atoms with Gasteiger partial charge in [-0.2, -0.15) is 8.61 Å². The van der Waals surface area contributed by atoms with E-state index in [1.807, 2.05) is 0 Å². The molecule has 2 aromatic heterocycles. The maximum Gasteiger partial charge on any atom is 0.252 e. The molecule has 4 aromatic rings. The molecule has 2 amide bonds. The van der Waals surface area contributed by atoms with Crippen molar-refractivity contribution in [1.82, 2.24) is 29.9 Å². The van der Waals surface area contributed by atoms with E-state index in [1.54, 1.807) is 81.4 Å². The molecule has 0 saturated carbocycles. The van der Waals surface area contributed by atoms with Crippen LogP contribution in [0.5, 0.6) is 0 Å². The van der Waals surface area contributed by atoms with Crippen molar-refractivity contribution in [1.29, 1.82) is 0 Å². The molecule has 0 spiro atoms. The van der Waals surface area contributed by atoms with E-state index < -0.39 is 20.0 Å². The average Bonchev–Trinajstić information content (AvgIpc) is 4.05. The summed E-state index contributed by atoms with van der Waals surface area (Å²) >= 11 is 14.1. The SMILES string of the molecule is CCCCCCCCCCCCNC1CCN(S(=O)(=O)c2ccc(CNC(=O)c3ccc(Cl)cc3)s2)CC1.CCCCNC1CCN(S(=O)(=O)c2ccc(CNC(=O)c3ccc(Cl)cc3)s2)CC1. The normalized spacial score (nSPS) is 15.5. The number of nitrogens with zero attached hydrogens (tertiary/aromatic N) is 2. The van der Waals surface area contributed by atoms with E-state index in [0.29, 0.717) is 67.9 Å². The van der Waals surface area contributed by atoms with Crippen molar-refractivity contribution in [3.05, 3.63) is 104 Å². The summed E-state index contributed by atoms with van der Waals surface area (Å²) in [7, 11) is -7.00. The van der Waals surface area contributed by atoms with Crippen molar-refractivity contribution in [3.8, 4) is 0 Å². The van der Waals surface area contributed by atoms with Gasteiger partial charge >= 0.3 is 0 Å². The Kier molecular flexibility index (Phi) is 24.3. The van der Waals surface area contributed by atoms with Gasteiger partial charge in [-0.15, -0.1) is 22.7 Å². The molecule has 0 radical (unpaired) electrons. The van der Waals surface area contributed by atoms with Gasteiger partial charge in [0.1, 0.15) is 8.42 Å². The first-order valence-corrected chi connectivity index (χ1v) is 29.8. The van der Waals surface area contributed by atoms with Crippen molar-refractivity contribution in [3.63, 3.8) is 0 Å². The summed E-state index contributed by atoms with van der Waals surface area (Å²) in [4.78, 5) is 26.1. The van der Waals surface area contributed by atoms with Crippen LogP contribution in [0.4, 0.5) is 0 Å². The molecule has 2 aliphatic heterocycles. The molecule has 2 aromatic carbocycles. The minimum Gasteiger partial charge on any atom is -0.347 e. The summed E-state index contributed by atoms with van der Waals surface area (Å²) in [6.07, 6.45) is 19.0. The van der Waals surface area contributed by atoms with Gasteiger partial charge in [0.05, 0.1) is 13.1 Å². The fourth-order valence-corrected chi connectivity index (χ4v) is 14.3. The molecule has 4 N–H and O–H groups in total. The molecule has 2 saturated heterocycles. The molecule has 376 valence electrons. The highest BCUT2D eigenvalue weighted by Crippen LogP contribution is 2.29. The minimum absolute atomic E-state index is 0.216. The molecule has 0 aliphatic carbocycles. The molecule has 18 heteroatoms. The van der Waals surface area contributed by atoms with Gasteiger partial charge in [0, 0.05) is 69.2 Å². The molecule has 0 unspecified atom stereocenters. The van der Waals surface area contributed by atoms with Gasteiger partial charge in [-0.3, -0.25) is 9.59 Å². The second-order valence-electron chi connectivity index (χ2n) is 17.6. The topological polar surface area (TPSA) is 157 Å². The molecule has 4 heterocycles. The number of amides is 2. The van der Waals surface area contributed by atoms with Crippen molar-refractivity contribution in [2.75, 3.05) is 39.3 Å². The van der Waals surface area contributed by atoms with E-state index in [9.17, 15) is 26.4 Å². The van der Waals surface area contributed by atoms with Crippen LogP contribution >= 0.6 is 45.9 Å². The van der Waals surface area contributed by atoms with Crippen LogP contribution in [0, 0.1) is 0 Å². The summed E-state index contributed by atoms with van der Waals surface area (Å²) in [5, 5.41) is 14.0. The molecular weight excluding hydrogens is 980 g/mol. The van der Waals surface area contributed by atoms with Crippen LogP contribution in [0.15, 0.2) is 81.2 Å². The Bertz CT molecular complexity index is 2330. The summed E-state index contributed by atoms with van der Waals surface area (Å²) in [6.45, 7) is 9.15. The van der Waals surface area contributed by atoms with Crippen LogP contribution in [0.2, 0.25) is 10.0 Å². The summed E-state index contributed by atoms with van der Waals surface area (Å²) in [6, 6.07) is 20.9. The number of piperidine rings is 2. The Morgan fingerprint density at radius 1 is 0.515 bits per heavy atom. The van der Waals surface area contributed by atoms with Crippen molar-refractivity contribution < 1.29 is 26.4 Å². The third-order valence-electron chi connectivity index (χ3n) is 12.4. The molecule has 2 fully saturated rings. The number of nitrogens with one attached hydrogen (secondary N) is 4. The molecule has 0 bridgehead atoms. The summed E-state index contributed by atoms with van der Waals surface area (Å²) in [5.74, 6) is -0.436. The maximum absolute atomic E-state index is 13.2. The van der Waals surface area contributed by atoms with Gasteiger partial charge in [-0.1, -0.05) is 101 Å². The van der Waals surface area contributed by atoms with E-state index in [2.05, 4.69) is 35.1 Å². The van der Waals surface area contributed by atoms with E-state index in [-0.39, 0.29) is 24.9 Å².